The molecule has 0 N–H and O–H groups in total. The molecule has 0 atom stereocenters. The quantitative estimate of drug-likeness (QED) is 0.666. The second-order valence-corrected chi connectivity index (χ2v) is 5.57. The van der Waals surface area contributed by atoms with Crippen LogP contribution in [0.1, 0.15) is 11.1 Å². The lowest BCUT2D eigenvalue weighted by atomic mass is 10.2. The first-order valence-electron chi connectivity index (χ1n) is 8.32. The SMILES string of the molecule is COc1ccc(/C=C/COC/C=C/c2ccc3c(c2)OCO3)cc1OC. The summed E-state index contributed by atoms with van der Waals surface area (Å²) in [6.07, 6.45) is 7.93. The Labute approximate surface area is 153 Å². The predicted molar refractivity (Wildman–Crippen MR) is 101 cm³/mol. The minimum absolute atomic E-state index is 0.290. The molecule has 0 bridgehead atoms. The average Bonchev–Trinajstić information content (AvgIpc) is 3.14. The van der Waals surface area contributed by atoms with Gasteiger partial charge in [-0.1, -0.05) is 36.4 Å². The first-order chi connectivity index (χ1) is 12.8. The molecule has 1 heterocycles. The van der Waals surface area contributed by atoms with Crippen molar-refractivity contribution in [1.82, 2.24) is 0 Å². The molecular weight excluding hydrogens is 332 g/mol. The van der Waals surface area contributed by atoms with E-state index in [9.17, 15) is 0 Å². The van der Waals surface area contributed by atoms with Crippen molar-refractivity contribution in [3.8, 4) is 23.0 Å². The van der Waals surface area contributed by atoms with Crippen LogP contribution in [0.2, 0.25) is 0 Å². The maximum Gasteiger partial charge on any atom is 0.231 e. The lowest BCUT2D eigenvalue weighted by Gasteiger charge is -2.07. The van der Waals surface area contributed by atoms with Crippen LogP contribution in [0.4, 0.5) is 0 Å². The van der Waals surface area contributed by atoms with Gasteiger partial charge in [0.15, 0.2) is 23.0 Å². The normalized spacial score (nSPS) is 12.8. The third-order valence-electron chi connectivity index (χ3n) is 3.85. The van der Waals surface area contributed by atoms with E-state index in [-0.39, 0.29) is 6.79 Å². The molecule has 3 rings (SSSR count). The fraction of sp³-hybridized carbons (Fsp3) is 0.238. The van der Waals surface area contributed by atoms with E-state index in [0.29, 0.717) is 19.0 Å². The van der Waals surface area contributed by atoms with Gasteiger partial charge in [0.1, 0.15) is 0 Å². The summed E-state index contributed by atoms with van der Waals surface area (Å²) in [4.78, 5) is 0. The fourth-order valence-corrected chi connectivity index (χ4v) is 2.55. The molecule has 26 heavy (non-hydrogen) atoms. The Morgan fingerprint density at radius 1 is 0.808 bits per heavy atom. The van der Waals surface area contributed by atoms with Gasteiger partial charge in [0, 0.05) is 0 Å². The van der Waals surface area contributed by atoms with Gasteiger partial charge in [0.05, 0.1) is 27.4 Å². The summed E-state index contributed by atoms with van der Waals surface area (Å²) in [7, 11) is 3.25. The van der Waals surface area contributed by atoms with Crippen LogP contribution in [-0.2, 0) is 4.74 Å². The molecule has 136 valence electrons. The molecule has 0 saturated heterocycles. The number of benzene rings is 2. The van der Waals surface area contributed by atoms with Crippen LogP contribution in [0.3, 0.4) is 0 Å². The Balaban J connectivity index is 1.43. The van der Waals surface area contributed by atoms with Crippen molar-refractivity contribution in [3.63, 3.8) is 0 Å². The molecule has 0 aliphatic carbocycles. The summed E-state index contributed by atoms with van der Waals surface area (Å²) < 4.78 is 26.8. The van der Waals surface area contributed by atoms with Gasteiger partial charge in [-0.05, 0) is 35.4 Å². The minimum atomic E-state index is 0.290. The molecule has 2 aromatic carbocycles. The highest BCUT2D eigenvalue weighted by Crippen LogP contribution is 2.32. The van der Waals surface area contributed by atoms with Gasteiger partial charge in [0.2, 0.25) is 6.79 Å². The highest BCUT2D eigenvalue weighted by atomic mass is 16.7. The van der Waals surface area contributed by atoms with E-state index in [1.165, 1.54) is 0 Å². The number of hydrogen-bond acceptors (Lipinski definition) is 5. The Hall–Kier alpha value is -2.92. The zero-order chi connectivity index (χ0) is 18.2. The number of fused-ring (bicyclic) bond motifs is 1. The van der Waals surface area contributed by atoms with Crippen LogP contribution in [-0.4, -0.2) is 34.2 Å². The van der Waals surface area contributed by atoms with E-state index in [1.807, 2.05) is 60.7 Å². The van der Waals surface area contributed by atoms with E-state index in [1.54, 1.807) is 14.2 Å². The van der Waals surface area contributed by atoms with E-state index in [0.717, 1.165) is 28.4 Å². The summed E-state index contributed by atoms with van der Waals surface area (Å²) in [5, 5.41) is 0. The topological polar surface area (TPSA) is 46.2 Å². The molecule has 2 aromatic rings. The van der Waals surface area contributed by atoms with Gasteiger partial charge < -0.3 is 23.7 Å². The minimum Gasteiger partial charge on any atom is -0.493 e. The standard InChI is InChI=1S/C21H22O5/c1-22-18-9-7-16(13-20(18)23-2)5-3-11-24-12-4-6-17-8-10-19-21(14-17)26-15-25-19/h3-10,13-14H,11-12,15H2,1-2H3/b5-3+,6-4+. The largest absolute Gasteiger partial charge is 0.493 e. The van der Waals surface area contributed by atoms with Crippen LogP contribution in [0.15, 0.2) is 48.6 Å². The van der Waals surface area contributed by atoms with Crippen molar-refractivity contribution in [3.05, 3.63) is 59.7 Å². The van der Waals surface area contributed by atoms with Crippen molar-refractivity contribution in [2.45, 2.75) is 0 Å². The third-order valence-corrected chi connectivity index (χ3v) is 3.85. The van der Waals surface area contributed by atoms with Crippen LogP contribution >= 0.6 is 0 Å². The summed E-state index contributed by atoms with van der Waals surface area (Å²) in [6.45, 7) is 1.35. The molecule has 5 nitrogen and oxygen atoms in total. The van der Waals surface area contributed by atoms with Crippen molar-refractivity contribution in [2.75, 3.05) is 34.2 Å². The van der Waals surface area contributed by atoms with Gasteiger partial charge in [-0.15, -0.1) is 0 Å². The monoisotopic (exact) mass is 354 g/mol. The number of ether oxygens (including phenoxy) is 5. The van der Waals surface area contributed by atoms with Crippen LogP contribution in [0.5, 0.6) is 23.0 Å². The first kappa shape index (κ1) is 17.9. The lowest BCUT2D eigenvalue weighted by Crippen LogP contribution is -1.92. The van der Waals surface area contributed by atoms with Crippen LogP contribution < -0.4 is 18.9 Å². The average molecular weight is 354 g/mol. The van der Waals surface area contributed by atoms with Gasteiger partial charge in [-0.3, -0.25) is 0 Å². The maximum absolute atomic E-state index is 5.59. The lowest BCUT2D eigenvalue weighted by molar-refractivity contribution is 0.174. The Morgan fingerprint density at radius 2 is 1.46 bits per heavy atom. The number of methoxy groups -OCH3 is 2. The predicted octanol–water partition coefficient (Wildman–Crippen LogP) is 4.18. The van der Waals surface area contributed by atoms with Gasteiger partial charge in [-0.2, -0.15) is 0 Å². The summed E-state index contributed by atoms with van der Waals surface area (Å²) >= 11 is 0. The van der Waals surface area contributed by atoms with Gasteiger partial charge in [0.25, 0.3) is 0 Å². The van der Waals surface area contributed by atoms with Gasteiger partial charge in [-0.25, -0.2) is 0 Å². The van der Waals surface area contributed by atoms with Gasteiger partial charge >= 0.3 is 0 Å². The zero-order valence-corrected chi connectivity index (χ0v) is 14.9. The molecular formula is C21H22O5. The molecule has 0 spiro atoms. The highest BCUT2D eigenvalue weighted by molar-refractivity contribution is 5.57. The Kier molecular flexibility index (Phi) is 6.17. The summed E-state index contributed by atoms with van der Waals surface area (Å²) in [6, 6.07) is 11.6. The number of hydrogen-bond donors (Lipinski definition) is 0. The van der Waals surface area contributed by atoms with E-state index < -0.39 is 0 Å². The first-order valence-corrected chi connectivity index (χ1v) is 8.32. The van der Waals surface area contributed by atoms with Crippen molar-refractivity contribution >= 4 is 12.2 Å². The van der Waals surface area contributed by atoms with E-state index in [2.05, 4.69) is 0 Å². The second-order valence-electron chi connectivity index (χ2n) is 5.57. The van der Waals surface area contributed by atoms with Crippen molar-refractivity contribution in [1.29, 1.82) is 0 Å². The Bertz CT molecular complexity index is 795. The molecule has 0 fully saturated rings. The van der Waals surface area contributed by atoms with Crippen molar-refractivity contribution < 1.29 is 23.7 Å². The molecule has 0 unspecified atom stereocenters. The smallest absolute Gasteiger partial charge is 0.231 e. The van der Waals surface area contributed by atoms with E-state index in [4.69, 9.17) is 23.7 Å². The fourth-order valence-electron chi connectivity index (χ4n) is 2.55. The molecule has 1 aliphatic heterocycles. The molecule has 0 radical (unpaired) electrons. The van der Waals surface area contributed by atoms with Crippen LogP contribution in [0, 0.1) is 0 Å². The van der Waals surface area contributed by atoms with Crippen molar-refractivity contribution in [2.24, 2.45) is 0 Å². The third kappa shape index (κ3) is 4.58. The second kappa shape index (κ2) is 8.97. The molecule has 0 saturated carbocycles. The summed E-state index contributed by atoms with van der Waals surface area (Å²) in [5.41, 5.74) is 2.08. The highest BCUT2D eigenvalue weighted by Gasteiger charge is 2.11. The summed E-state index contributed by atoms with van der Waals surface area (Å²) in [5.74, 6) is 3.00. The van der Waals surface area contributed by atoms with Crippen LogP contribution in [0.25, 0.3) is 12.2 Å². The Morgan fingerprint density at radius 3 is 2.19 bits per heavy atom. The van der Waals surface area contributed by atoms with E-state index >= 15 is 0 Å². The zero-order valence-electron chi connectivity index (χ0n) is 14.9. The molecule has 5 heteroatoms. The molecule has 0 amide bonds. The number of rotatable bonds is 8. The maximum atomic E-state index is 5.59. The molecule has 0 aromatic heterocycles. The molecule has 1 aliphatic rings.